The van der Waals surface area contributed by atoms with Crippen LogP contribution < -0.4 is 5.73 Å². The Hall–Kier alpha value is -0.810. The number of hydrogen-bond acceptors (Lipinski definition) is 5. The zero-order valence-corrected chi connectivity index (χ0v) is 16.1. The first-order chi connectivity index (χ1) is 11.5. The van der Waals surface area contributed by atoms with Gasteiger partial charge in [0.25, 0.3) is 0 Å². The average molecular weight is 386 g/mol. The van der Waals surface area contributed by atoms with E-state index in [2.05, 4.69) is 0 Å². The molecule has 2 aromatic carbocycles. The maximum absolute atomic E-state index is 13.0. The molecule has 1 atom stereocenters. The molecule has 0 aliphatic carbocycles. The number of benzene rings is 2. The van der Waals surface area contributed by atoms with Gasteiger partial charge in [-0.15, -0.1) is 0 Å². The van der Waals surface area contributed by atoms with Gasteiger partial charge in [-0.2, -0.15) is 0 Å². The Bertz CT molecular complexity index is 701. The van der Waals surface area contributed by atoms with Crippen LogP contribution in [0.5, 0.6) is 0 Å². The van der Waals surface area contributed by atoms with E-state index in [1.54, 1.807) is 13.8 Å². The molecule has 2 N–H and O–H groups in total. The molecule has 0 aliphatic heterocycles. The molecule has 2 aromatic rings. The zero-order chi connectivity index (χ0) is 17.6. The van der Waals surface area contributed by atoms with E-state index < -0.39 is 13.4 Å². The highest BCUT2D eigenvalue weighted by Gasteiger charge is 2.35. The van der Waals surface area contributed by atoms with Crippen LogP contribution in [0.1, 0.15) is 25.2 Å². The first-order valence-corrected chi connectivity index (χ1v) is 10.5. The monoisotopic (exact) mass is 385 g/mol. The molecule has 0 saturated heterocycles. The Kier molecular flexibility index (Phi) is 7.35. The summed E-state index contributed by atoms with van der Waals surface area (Å²) in [6, 6.07) is 15.1. The molecule has 0 radical (unpaired) electrons. The Balaban J connectivity index is 2.33. The fraction of sp³-hybridized carbons (Fsp3) is 0.294. The fourth-order valence-corrected chi connectivity index (χ4v) is 5.06. The molecule has 0 heterocycles. The van der Waals surface area contributed by atoms with E-state index in [1.807, 2.05) is 48.5 Å². The van der Waals surface area contributed by atoms with Crippen molar-refractivity contribution in [3.8, 4) is 0 Å². The van der Waals surface area contributed by atoms with Gasteiger partial charge in [-0.05, 0) is 49.7 Å². The molecule has 0 fully saturated rings. The summed E-state index contributed by atoms with van der Waals surface area (Å²) in [5, 5.41) is 0.682. The fourth-order valence-electron chi connectivity index (χ4n) is 2.18. The summed E-state index contributed by atoms with van der Waals surface area (Å²) in [6.45, 7) is 4.09. The highest BCUT2D eigenvalue weighted by Crippen LogP contribution is 2.59. The molecule has 0 bridgehead atoms. The second-order valence-corrected chi connectivity index (χ2v) is 8.62. The van der Waals surface area contributed by atoms with E-state index in [4.69, 9.17) is 26.4 Å². The number of halogens is 1. The van der Waals surface area contributed by atoms with Crippen molar-refractivity contribution in [2.24, 2.45) is 5.73 Å². The molecular weight excluding hydrogens is 365 g/mol. The molecule has 0 saturated carbocycles. The third-order valence-electron chi connectivity index (χ3n) is 3.24. The van der Waals surface area contributed by atoms with Gasteiger partial charge >= 0.3 is 7.60 Å². The summed E-state index contributed by atoms with van der Waals surface area (Å²) in [6.07, 6.45) is 0. The quantitative estimate of drug-likeness (QED) is 0.589. The molecule has 0 unspecified atom stereocenters. The van der Waals surface area contributed by atoms with Gasteiger partial charge < -0.3 is 14.8 Å². The molecule has 7 heteroatoms. The SMILES string of the molecule is CCOP(=O)(OCC)[C@H](N)c1ccccc1Sc1ccc(Cl)cc1. The number of hydrogen-bond donors (Lipinski definition) is 1. The van der Waals surface area contributed by atoms with Crippen LogP contribution in [0.4, 0.5) is 0 Å². The third kappa shape index (κ3) is 4.85. The Morgan fingerprint density at radius 1 is 1.08 bits per heavy atom. The lowest BCUT2D eigenvalue weighted by atomic mass is 10.2. The number of nitrogens with two attached hydrogens (primary N) is 1. The van der Waals surface area contributed by atoms with Crippen molar-refractivity contribution in [3.05, 3.63) is 59.1 Å². The minimum atomic E-state index is -3.43. The Labute approximate surface area is 152 Å². The van der Waals surface area contributed by atoms with Gasteiger partial charge in [-0.3, -0.25) is 4.57 Å². The van der Waals surface area contributed by atoms with Crippen LogP contribution in [-0.4, -0.2) is 13.2 Å². The van der Waals surface area contributed by atoms with Crippen molar-refractivity contribution < 1.29 is 13.6 Å². The largest absolute Gasteiger partial charge is 0.351 e. The van der Waals surface area contributed by atoms with Crippen molar-refractivity contribution in [2.45, 2.75) is 29.4 Å². The van der Waals surface area contributed by atoms with Gasteiger partial charge in [0, 0.05) is 14.8 Å². The van der Waals surface area contributed by atoms with Crippen LogP contribution >= 0.6 is 31.0 Å². The summed E-state index contributed by atoms with van der Waals surface area (Å²) >= 11 is 7.46. The van der Waals surface area contributed by atoms with Gasteiger partial charge in [0.05, 0.1) is 13.2 Å². The molecule has 24 heavy (non-hydrogen) atoms. The second-order valence-electron chi connectivity index (χ2n) is 4.91. The topological polar surface area (TPSA) is 61.5 Å². The normalized spacial score (nSPS) is 13.0. The van der Waals surface area contributed by atoms with Crippen molar-refractivity contribution >= 4 is 31.0 Å². The maximum atomic E-state index is 13.0. The van der Waals surface area contributed by atoms with Gasteiger partial charge in [0.15, 0.2) is 0 Å². The summed E-state index contributed by atoms with van der Waals surface area (Å²) < 4.78 is 23.7. The highest BCUT2D eigenvalue weighted by atomic mass is 35.5. The first-order valence-electron chi connectivity index (χ1n) is 7.67. The second kappa shape index (κ2) is 9.04. The summed E-state index contributed by atoms with van der Waals surface area (Å²) in [5.41, 5.74) is 7.02. The molecule has 4 nitrogen and oxygen atoms in total. The standard InChI is InChI=1S/C17H21ClNO3PS/c1-3-21-23(20,22-4-2)17(19)15-7-5-6-8-16(15)24-14-11-9-13(18)10-12-14/h5-12,17H,3-4,19H2,1-2H3/t17-/m0/s1. The van der Waals surface area contributed by atoms with Crippen LogP contribution in [0.25, 0.3) is 0 Å². The van der Waals surface area contributed by atoms with Crippen molar-refractivity contribution in [3.63, 3.8) is 0 Å². The molecule has 2 rings (SSSR count). The van der Waals surface area contributed by atoms with E-state index in [-0.39, 0.29) is 13.2 Å². The predicted octanol–water partition coefficient (Wildman–Crippen LogP) is 5.71. The number of rotatable bonds is 8. The summed E-state index contributed by atoms with van der Waals surface area (Å²) in [4.78, 5) is 1.92. The lowest BCUT2D eigenvalue weighted by Crippen LogP contribution is -2.15. The Morgan fingerprint density at radius 2 is 1.67 bits per heavy atom. The van der Waals surface area contributed by atoms with Crippen molar-refractivity contribution in [2.75, 3.05) is 13.2 Å². The van der Waals surface area contributed by atoms with Crippen LogP contribution in [0.3, 0.4) is 0 Å². The van der Waals surface area contributed by atoms with Gasteiger partial charge in [-0.25, -0.2) is 0 Å². The third-order valence-corrected chi connectivity index (χ3v) is 6.79. The van der Waals surface area contributed by atoms with Gasteiger partial charge in [0.1, 0.15) is 5.78 Å². The minimum Gasteiger partial charge on any atom is -0.314 e. The summed E-state index contributed by atoms with van der Waals surface area (Å²) in [7, 11) is -3.43. The van der Waals surface area contributed by atoms with Crippen LogP contribution in [-0.2, 0) is 13.6 Å². The molecule has 130 valence electrons. The maximum Gasteiger partial charge on any atom is 0.351 e. The highest BCUT2D eigenvalue weighted by molar-refractivity contribution is 7.99. The van der Waals surface area contributed by atoms with E-state index in [0.717, 1.165) is 15.4 Å². The van der Waals surface area contributed by atoms with Crippen molar-refractivity contribution in [1.29, 1.82) is 0 Å². The van der Waals surface area contributed by atoms with Crippen LogP contribution in [0.2, 0.25) is 5.02 Å². The average Bonchev–Trinajstić information content (AvgIpc) is 2.57. The van der Waals surface area contributed by atoms with Crippen LogP contribution in [0, 0.1) is 0 Å². The van der Waals surface area contributed by atoms with Gasteiger partial charge in [-0.1, -0.05) is 41.6 Å². The van der Waals surface area contributed by atoms with E-state index in [1.165, 1.54) is 11.8 Å². The molecule has 0 amide bonds. The van der Waals surface area contributed by atoms with Crippen LogP contribution in [0.15, 0.2) is 58.3 Å². The molecule has 0 aromatic heterocycles. The molecular formula is C17H21ClNO3PS. The van der Waals surface area contributed by atoms with E-state index >= 15 is 0 Å². The Morgan fingerprint density at radius 3 is 2.25 bits per heavy atom. The minimum absolute atomic E-state index is 0.275. The molecule has 0 aliphatic rings. The summed E-state index contributed by atoms with van der Waals surface area (Å²) in [5.74, 6) is -0.839. The van der Waals surface area contributed by atoms with E-state index in [9.17, 15) is 4.57 Å². The lowest BCUT2D eigenvalue weighted by Gasteiger charge is -2.24. The van der Waals surface area contributed by atoms with Gasteiger partial charge in [0.2, 0.25) is 0 Å². The smallest absolute Gasteiger partial charge is 0.314 e. The van der Waals surface area contributed by atoms with Crippen molar-refractivity contribution in [1.82, 2.24) is 0 Å². The zero-order valence-electron chi connectivity index (χ0n) is 13.6. The molecule has 0 spiro atoms. The lowest BCUT2D eigenvalue weighted by molar-refractivity contribution is 0.212. The predicted molar refractivity (Wildman–Crippen MR) is 99.8 cm³/mol. The first kappa shape index (κ1) is 19.5. The van der Waals surface area contributed by atoms with E-state index in [0.29, 0.717) is 5.02 Å².